The van der Waals surface area contributed by atoms with Crippen LogP contribution in [0.15, 0.2) is 47.6 Å². The molecule has 150 valence electrons. The second-order valence-electron chi connectivity index (χ2n) is 6.40. The maximum Gasteiger partial charge on any atom is 0.240 e. The maximum atomic E-state index is 13.2. The van der Waals surface area contributed by atoms with Gasteiger partial charge in [-0.2, -0.15) is 0 Å². The molecule has 4 rings (SSSR count). The summed E-state index contributed by atoms with van der Waals surface area (Å²) in [7, 11) is 1.54. The van der Waals surface area contributed by atoms with Crippen LogP contribution in [0.5, 0.6) is 5.75 Å². The van der Waals surface area contributed by atoms with Gasteiger partial charge in [-0.25, -0.2) is 9.07 Å². The van der Waals surface area contributed by atoms with E-state index < -0.39 is 11.3 Å². The first-order valence-corrected chi connectivity index (χ1v) is 9.97. The average Bonchev–Trinajstić information content (AvgIpc) is 3.08. The van der Waals surface area contributed by atoms with E-state index in [0.717, 1.165) is 5.56 Å². The lowest BCUT2D eigenvalue weighted by atomic mass is 10.0. The van der Waals surface area contributed by atoms with Crippen LogP contribution >= 0.6 is 23.4 Å². The number of anilines is 1. The van der Waals surface area contributed by atoms with Crippen molar-refractivity contribution in [3.63, 3.8) is 0 Å². The van der Waals surface area contributed by atoms with Crippen LogP contribution in [0, 0.1) is 12.7 Å². The summed E-state index contributed by atoms with van der Waals surface area (Å²) in [5, 5.41) is 11.5. The fourth-order valence-corrected chi connectivity index (χ4v) is 4.42. The van der Waals surface area contributed by atoms with E-state index in [1.807, 2.05) is 13.0 Å². The predicted octanol–water partition coefficient (Wildman–Crippen LogP) is 3.79. The minimum absolute atomic E-state index is 0.252. The highest BCUT2D eigenvalue weighted by molar-refractivity contribution is 8.00. The number of amides is 1. The molecule has 0 radical (unpaired) electrons. The quantitative estimate of drug-likeness (QED) is 0.651. The molecule has 2 aromatic carbocycles. The Hall–Kier alpha value is -2.78. The number of hydrogen-bond acceptors (Lipinski definition) is 6. The molecule has 1 aliphatic heterocycles. The Labute approximate surface area is 175 Å². The van der Waals surface area contributed by atoms with E-state index in [1.54, 1.807) is 23.9 Å². The van der Waals surface area contributed by atoms with Crippen molar-refractivity contribution in [2.24, 2.45) is 0 Å². The molecule has 10 heteroatoms. The van der Waals surface area contributed by atoms with Gasteiger partial charge in [0.25, 0.3) is 0 Å². The molecular formula is C19H17ClFN5O2S. The molecule has 0 saturated carbocycles. The zero-order chi connectivity index (χ0) is 20.5. The smallest absolute Gasteiger partial charge is 0.240 e. The number of carbonyl (C=O) groups excluding carboxylic acids is 1. The van der Waals surface area contributed by atoms with Crippen molar-refractivity contribution in [3.8, 4) is 5.75 Å². The maximum absolute atomic E-state index is 13.2. The predicted molar refractivity (Wildman–Crippen MR) is 110 cm³/mol. The molecule has 0 aliphatic carbocycles. The van der Waals surface area contributed by atoms with E-state index in [-0.39, 0.29) is 11.7 Å². The van der Waals surface area contributed by atoms with Crippen LogP contribution in [0.3, 0.4) is 0 Å². The van der Waals surface area contributed by atoms with Gasteiger partial charge in [0.05, 0.1) is 18.2 Å². The zero-order valence-corrected chi connectivity index (χ0v) is 17.1. The van der Waals surface area contributed by atoms with Crippen LogP contribution in [0.25, 0.3) is 0 Å². The van der Waals surface area contributed by atoms with Crippen molar-refractivity contribution >= 4 is 35.0 Å². The highest BCUT2D eigenvalue weighted by atomic mass is 35.5. The van der Waals surface area contributed by atoms with E-state index in [4.69, 9.17) is 16.3 Å². The number of carbonyl (C=O) groups is 1. The Balaban J connectivity index is 1.67. The molecule has 7 nitrogen and oxygen atoms in total. The van der Waals surface area contributed by atoms with E-state index in [9.17, 15) is 9.18 Å². The van der Waals surface area contributed by atoms with Crippen molar-refractivity contribution in [3.05, 3.63) is 64.7 Å². The number of rotatable bonds is 4. The van der Waals surface area contributed by atoms with E-state index in [2.05, 4.69) is 20.9 Å². The van der Waals surface area contributed by atoms with Crippen LogP contribution in [0.1, 0.15) is 17.4 Å². The van der Waals surface area contributed by atoms with Gasteiger partial charge in [-0.05, 0) is 48.9 Å². The summed E-state index contributed by atoms with van der Waals surface area (Å²) in [5.41, 5.74) is 4.62. The number of thioether (sulfide) groups is 1. The monoisotopic (exact) mass is 433 g/mol. The third-order valence-electron chi connectivity index (χ3n) is 4.50. The van der Waals surface area contributed by atoms with E-state index in [0.29, 0.717) is 27.4 Å². The van der Waals surface area contributed by atoms with E-state index in [1.165, 1.54) is 36.0 Å². The average molecular weight is 434 g/mol. The molecule has 2 unspecified atom stereocenters. The van der Waals surface area contributed by atoms with Gasteiger partial charge in [0.2, 0.25) is 11.1 Å². The lowest BCUT2D eigenvalue weighted by Crippen LogP contribution is -2.41. The van der Waals surface area contributed by atoms with Crippen LogP contribution in [-0.2, 0) is 4.79 Å². The summed E-state index contributed by atoms with van der Waals surface area (Å²) in [5.74, 6) is 0.603. The number of aryl methyl sites for hydroxylation is 1. The number of ether oxygens (including phenoxy) is 1. The Morgan fingerprint density at radius 2 is 2.03 bits per heavy atom. The molecule has 1 aromatic heterocycles. The lowest BCUT2D eigenvalue weighted by molar-refractivity contribution is -0.116. The Morgan fingerprint density at radius 1 is 1.28 bits per heavy atom. The van der Waals surface area contributed by atoms with Crippen molar-refractivity contribution in [1.29, 1.82) is 0 Å². The minimum Gasteiger partial charge on any atom is -0.495 e. The first kappa shape index (κ1) is 19.5. The van der Waals surface area contributed by atoms with Crippen molar-refractivity contribution < 1.29 is 13.9 Å². The number of fused-ring (bicyclic) bond motifs is 1. The summed E-state index contributed by atoms with van der Waals surface area (Å²) in [6, 6.07) is 10.6. The molecule has 0 fully saturated rings. The fraction of sp³-hybridized carbons (Fsp3) is 0.211. The summed E-state index contributed by atoms with van der Waals surface area (Å²) in [4.78, 5) is 13.1. The molecule has 1 aliphatic rings. The van der Waals surface area contributed by atoms with Crippen LogP contribution < -0.4 is 15.5 Å². The van der Waals surface area contributed by atoms with Gasteiger partial charge in [0, 0.05) is 5.69 Å². The van der Waals surface area contributed by atoms with Crippen LogP contribution in [0.4, 0.5) is 10.1 Å². The number of aromatic nitrogens is 3. The van der Waals surface area contributed by atoms with Gasteiger partial charge in [0.15, 0.2) is 0 Å². The van der Waals surface area contributed by atoms with Gasteiger partial charge < -0.3 is 15.5 Å². The van der Waals surface area contributed by atoms with Crippen LogP contribution in [0.2, 0.25) is 5.02 Å². The van der Waals surface area contributed by atoms with Crippen molar-refractivity contribution in [2.75, 3.05) is 17.9 Å². The summed E-state index contributed by atoms with van der Waals surface area (Å²) < 4.78 is 20.1. The summed E-state index contributed by atoms with van der Waals surface area (Å²) in [6.07, 6.45) is 0. The molecular weight excluding hydrogens is 417 g/mol. The third-order valence-corrected chi connectivity index (χ3v) is 6.01. The number of methoxy groups -OCH3 is 1. The largest absolute Gasteiger partial charge is 0.495 e. The molecule has 2 atom stereocenters. The first-order valence-electron chi connectivity index (χ1n) is 8.71. The Kier molecular flexibility index (Phi) is 5.33. The van der Waals surface area contributed by atoms with Crippen LogP contribution in [-0.4, -0.2) is 33.1 Å². The second-order valence-corrected chi connectivity index (χ2v) is 7.92. The molecule has 29 heavy (non-hydrogen) atoms. The number of halogens is 2. The zero-order valence-electron chi connectivity index (χ0n) is 15.5. The molecule has 0 bridgehead atoms. The first-order chi connectivity index (χ1) is 14.0. The fourth-order valence-electron chi connectivity index (χ4n) is 3.03. The highest BCUT2D eigenvalue weighted by Gasteiger charge is 2.37. The number of benzene rings is 2. The SMILES string of the molecule is COc1ccc(C2Nn3c(C)nnc3SC2C(=O)Nc2ccc(F)cc2)cc1Cl. The summed E-state index contributed by atoms with van der Waals surface area (Å²) in [6.45, 7) is 1.82. The van der Waals surface area contributed by atoms with Gasteiger partial charge >= 0.3 is 0 Å². The van der Waals surface area contributed by atoms with Gasteiger partial charge in [-0.15, -0.1) is 10.2 Å². The normalized spacial score (nSPS) is 17.9. The van der Waals surface area contributed by atoms with Crippen molar-refractivity contribution in [1.82, 2.24) is 14.9 Å². The molecule has 0 saturated heterocycles. The molecule has 2 N–H and O–H groups in total. The molecule has 1 amide bonds. The number of hydrogen-bond donors (Lipinski definition) is 2. The topological polar surface area (TPSA) is 81.1 Å². The number of nitrogens with zero attached hydrogens (tertiary/aromatic N) is 3. The second kappa shape index (κ2) is 7.92. The molecule has 3 aromatic rings. The lowest BCUT2D eigenvalue weighted by Gasteiger charge is -2.33. The Bertz CT molecular complexity index is 1060. The highest BCUT2D eigenvalue weighted by Crippen LogP contribution is 2.39. The third kappa shape index (κ3) is 3.88. The molecule has 2 heterocycles. The molecule has 0 spiro atoms. The number of nitrogens with one attached hydrogen (secondary N) is 2. The van der Waals surface area contributed by atoms with Gasteiger partial charge in [-0.3, -0.25) is 4.79 Å². The van der Waals surface area contributed by atoms with Gasteiger partial charge in [0.1, 0.15) is 22.6 Å². The van der Waals surface area contributed by atoms with Gasteiger partial charge in [-0.1, -0.05) is 29.4 Å². The van der Waals surface area contributed by atoms with E-state index >= 15 is 0 Å². The minimum atomic E-state index is -0.569. The van der Waals surface area contributed by atoms with Crippen molar-refractivity contribution in [2.45, 2.75) is 23.4 Å². The standard InChI is InChI=1S/C19H17ClFN5O2S/c1-10-23-24-19-26(10)25-16(11-3-8-15(28-2)14(20)9-11)17(29-19)18(27)22-13-6-4-12(21)5-7-13/h3-9,16-17,25H,1-2H3,(H,22,27). The Morgan fingerprint density at radius 3 is 2.72 bits per heavy atom. The summed E-state index contributed by atoms with van der Waals surface area (Å²) >= 11 is 7.60.